The Balaban J connectivity index is 1.43. The number of nitrogens with zero attached hydrogens (tertiary/aromatic N) is 4. The van der Waals surface area contributed by atoms with Gasteiger partial charge in [0, 0.05) is 23.5 Å². The third-order valence-electron chi connectivity index (χ3n) is 6.07. The Labute approximate surface area is 208 Å². The molecule has 0 unspecified atom stereocenters. The molecule has 0 saturated heterocycles. The van der Waals surface area contributed by atoms with Gasteiger partial charge in [-0.1, -0.05) is 25.5 Å². The number of aromatic nitrogens is 4. The van der Waals surface area contributed by atoms with Gasteiger partial charge in [0.05, 0.1) is 26.0 Å². The van der Waals surface area contributed by atoms with Crippen LogP contribution in [0.25, 0.3) is 28.2 Å². The lowest BCUT2D eigenvalue weighted by molar-refractivity contribution is 0.310. The molecule has 0 N–H and O–H groups in total. The predicted octanol–water partition coefficient (Wildman–Crippen LogP) is 5.36. The molecule has 0 aliphatic heterocycles. The number of benzene rings is 2. The van der Waals surface area contributed by atoms with Crippen LogP contribution in [0, 0.1) is 6.92 Å². The predicted molar refractivity (Wildman–Crippen MR) is 138 cm³/mol. The first kappa shape index (κ1) is 23.4. The molecule has 8 heteroatoms. The molecule has 0 radical (unpaired) electrons. The van der Waals surface area contributed by atoms with Gasteiger partial charge in [0.2, 0.25) is 5.89 Å². The Morgan fingerprint density at radius 1 is 1.06 bits per heavy atom. The lowest BCUT2D eigenvalue weighted by atomic mass is 10.1. The van der Waals surface area contributed by atoms with E-state index in [1.807, 2.05) is 55.5 Å². The molecule has 5 aromatic rings. The van der Waals surface area contributed by atoms with Crippen molar-refractivity contribution in [1.29, 1.82) is 0 Å². The maximum Gasteiger partial charge on any atom is 0.276 e. The van der Waals surface area contributed by atoms with Crippen LogP contribution in [0.4, 0.5) is 0 Å². The van der Waals surface area contributed by atoms with Crippen LogP contribution in [0.2, 0.25) is 0 Å². The summed E-state index contributed by atoms with van der Waals surface area (Å²) in [5, 5.41) is 4.64. The number of ether oxygens (including phenoxy) is 2. The van der Waals surface area contributed by atoms with E-state index in [9.17, 15) is 4.79 Å². The van der Waals surface area contributed by atoms with E-state index in [0.29, 0.717) is 35.2 Å². The van der Waals surface area contributed by atoms with Crippen LogP contribution in [-0.2, 0) is 6.54 Å². The summed E-state index contributed by atoms with van der Waals surface area (Å²) in [5.41, 5.74) is 3.41. The summed E-state index contributed by atoms with van der Waals surface area (Å²) in [5.74, 6) is 2.70. The monoisotopic (exact) mass is 484 g/mol. The lowest BCUT2D eigenvalue weighted by Gasteiger charge is -2.09. The molecule has 0 spiro atoms. The Hall–Kier alpha value is -4.33. The molecule has 0 atom stereocenters. The highest BCUT2D eigenvalue weighted by Gasteiger charge is 2.16. The van der Waals surface area contributed by atoms with E-state index in [0.717, 1.165) is 35.5 Å². The Morgan fingerprint density at radius 3 is 2.64 bits per heavy atom. The van der Waals surface area contributed by atoms with E-state index < -0.39 is 0 Å². The van der Waals surface area contributed by atoms with Crippen LogP contribution in [0.5, 0.6) is 11.5 Å². The van der Waals surface area contributed by atoms with E-state index in [-0.39, 0.29) is 12.1 Å². The highest BCUT2D eigenvalue weighted by molar-refractivity contribution is 5.71. The first-order chi connectivity index (χ1) is 17.6. The molecule has 0 saturated carbocycles. The zero-order valence-electron chi connectivity index (χ0n) is 20.6. The average Bonchev–Trinajstić information content (AvgIpc) is 3.50. The summed E-state index contributed by atoms with van der Waals surface area (Å²) in [6.45, 7) is 4.91. The molecule has 5 rings (SSSR count). The number of aryl methyl sites for hydroxylation is 1. The smallest absolute Gasteiger partial charge is 0.276 e. The minimum atomic E-state index is -0.158. The fourth-order valence-corrected chi connectivity index (χ4v) is 4.01. The molecular formula is C28H28N4O4. The number of unbranched alkanes of at least 4 members (excludes halogenated alkanes) is 1. The molecule has 3 heterocycles. The molecule has 8 nitrogen and oxygen atoms in total. The SMILES string of the molecule is CCCCOc1ccccc1-c1cc2c(=O)n(Cc3nc(-c4ccc(OC)cc4)oc3C)ccn2n1. The van der Waals surface area contributed by atoms with Crippen molar-refractivity contribution in [3.63, 3.8) is 0 Å². The minimum Gasteiger partial charge on any atom is -0.497 e. The van der Waals surface area contributed by atoms with Gasteiger partial charge in [0.15, 0.2) is 0 Å². The van der Waals surface area contributed by atoms with Crippen molar-refractivity contribution in [3.8, 4) is 34.2 Å². The van der Waals surface area contributed by atoms with Gasteiger partial charge >= 0.3 is 0 Å². The van der Waals surface area contributed by atoms with Gasteiger partial charge in [-0.2, -0.15) is 5.10 Å². The third-order valence-corrected chi connectivity index (χ3v) is 6.07. The van der Waals surface area contributed by atoms with E-state index in [1.165, 1.54) is 0 Å². The van der Waals surface area contributed by atoms with Crippen LogP contribution in [-0.4, -0.2) is 32.9 Å². The molecule has 36 heavy (non-hydrogen) atoms. The van der Waals surface area contributed by atoms with Crippen molar-refractivity contribution in [2.24, 2.45) is 0 Å². The number of hydrogen-bond donors (Lipinski definition) is 0. The highest BCUT2D eigenvalue weighted by Crippen LogP contribution is 2.29. The van der Waals surface area contributed by atoms with Gasteiger partial charge in [-0.05, 0) is 55.8 Å². The molecule has 0 aliphatic rings. The molecule has 0 bridgehead atoms. The van der Waals surface area contributed by atoms with Crippen molar-refractivity contribution < 1.29 is 13.9 Å². The number of methoxy groups -OCH3 is 1. The van der Waals surface area contributed by atoms with Crippen LogP contribution in [0.15, 0.2) is 76.2 Å². The van der Waals surface area contributed by atoms with Gasteiger partial charge in [-0.15, -0.1) is 0 Å². The van der Waals surface area contributed by atoms with E-state index >= 15 is 0 Å². The number of para-hydroxylation sites is 1. The summed E-state index contributed by atoms with van der Waals surface area (Å²) in [6, 6.07) is 17.1. The van der Waals surface area contributed by atoms with Gasteiger partial charge in [-0.3, -0.25) is 4.79 Å². The van der Waals surface area contributed by atoms with Gasteiger partial charge in [0.25, 0.3) is 5.56 Å². The first-order valence-corrected chi connectivity index (χ1v) is 12.0. The van der Waals surface area contributed by atoms with Crippen LogP contribution in [0.3, 0.4) is 0 Å². The highest BCUT2D eigenvalue weighted by atomic mass is 16.5. The fraction of sp³-hybridized carbons (Fsp3) is 0.250. The summed E-state index contributed by atoms with van der Waals surface area (Å²) < 4.78 is 20.3. The zero-order valence-corrected chi connectivity index (χ0v) is 20.6. The summed E-state index contributed by atoms with van der Waals surface area (Å²) in [4.78, 5) is 18.0. The van der Waals surface area contributed by atoms with Crippen molar-refractivity contribution in [2.75, 3.05) is 13.7 Å². The second-order valence-electron chi connectivity index (χ2n) is 8.54. The van der Waals surface area contributed by atoms with Gasteiger partial charge in [-0.25, -0.2) is 9.50 Å². The topological polar surface area (TPSA) is 83.8 Å². The summed E-state index contributed by atoms with van der Waals surface area (Å²) in [6.07, 6.45) is 5.53. The lowest BCUT2D eigenvalue weighted by Crippen LogP contribution is -2.22. The second kappa shape index (κ2) is 10.1. The standard InChI is InChI=1S/C28H28N4O4/c1-4-5-16-35-26-9-7-6-8-22(26)23-17-25-28(33)31(14-15-32(25)30-23)18-24-19(2)36-27(29-24)20-10-12-21(34-3)13-11-20/h6-15,17H,4-5,16,18H2,1-3H3. The van der Waals surface area contributed by atoms with Crippen molar-refractivity contribution in [2.45, 2.75) is 33.2 Å². The first-order valence-electron chi connectivity index (χ1n) is 12.0. The Bertz CT molecular complexity index is 1550. The van der Waals surface area contributed by atoms with Gasteiger partial charge in [0.1, 0.15) is 28.5 Å². The van der Waals surface area contributed by atoms with Crippen LogP contribution < -0.4 is 15.0 Å². The number of fused-ring (bicyclic) bond motifs is 1. The fourth-order valence-electron chi connectivity index (χ4n) is 4.01. The maximum atomic E-state index is 13.3. The number of rotatable bonds is 9. The molecule has 0 fully saturated rings. The number of hydrogen-bond acceptors (Lipinski definition) is 6. The van der Waals surface area contributed by atoms with Crippen LogP contribution in [0.1, 0.15) is 31.2 Å². The van der Waals surface area contributed by atoms with E-state index in [4.69, 9.17) is 13.9 Å². The van der Waals surface area contributed by atoms with E-state index in [1.54, 1.807) is 34.7 Å². The molecule has 3 aromatic heterocycles. The molecule has 0 amide bonds. The van der Waals surface area contributed by atoms with Gasteiger partial charge < -0.3 is 18.5 Å². The quantitative estimate of drug-likeness (QED) is 0.262. The van der Waals surface area contributed by atoms with Crippen molar-refractivity contribution >= 4 is 5.52 Å². The number of oxazole rings is 1. The largest absolute Gasteiger partial charge is 0.497 e. The van der Waals surface area contributed by atoms with Crippen LogP contribution >= 0.6 is 0 Å². The third kappa shape index (κ3) is 4.62. The Kier molecular flexibility index (Phi) is 6.58. The summed E-state index contributed by atoms with van der Waals surface area (Å²) in [7, 11) is 1.63. The second-order valence-corrected chi connectivity index (χ2v) is 8.54. The normalized spacial score (nSPS) is 11.2. The minimum absolute atomic E-state index is 0.158. The van der Waals surface area contributed by atoms with Crippen molar-refractivity contribution in [3.05, 3.63) is 88.8 Å². The molecule has 2 aromatic carbocycles. The molecule has 0 aliphatic carbocycles. The van der Waals surface area contributed by atoms with E-state index in [2.05, 4.69) is 17.0 Å². The Morgan fingerprint density at radius 2 is 1.86 bits per heavy atom. The molecule has 184 valence electrons. The zero-order chi connectivity index (χ0) is 25.1. The maximum absolute atomic E-state index is 13.3. The van der Waals surface area contributed by atoms with Crippen molar-refractivity contribution in [1.82, 2.24) is 19.2 Å². The summed E-state index contributed by atoms with van der Waals surface area (Å²) >= 11 is 0. The molecular weight excluding hydrogens is 456 g/mol. The average molecular weight is 485 g/mol.